The summed E-state index contributed by atoms with van der Waals surface area (Å²) in [5.74, 6) is 3.04. The SMILES string of the molecule is COc1ccc(OCc2ccc(-c3nc(C#N)c(N4CCN(C(=O)c5cccc(C)c5)CC4)o3)o2)cc1. The molecule has 2 aromatic carbocycles. The van der Waals surface area contributed by atoms with Gasteiger partial charge in [-0.3, -0.25) is 4.79 Å². The summed E-state index contributed by atoms with van der Waals surface area (Å²) in [6, 6.07) is 20.5. The van der Waals surface area contributed by atoms with E-state index in [1.807, 2.05) is 65.3 Å². The molecule has 9 nitrogen and oxygen atoms in total. The number of furan rings is 1. The third-order valence-corrected chi connectivity index (χ3v) is 6.15. The van der Waals surface area contributed by atoms with Crippen LogP contribution in [-0.2, 0) is 6.61 Å². The van der Waals surface area contributed by atoms with Crippen molar-refractivity contribution in [3.8, 4) is 29.2 Å². The summed E-state index contributed by atoms with van der Waals surface area (Å²) in [6.45, 7) is 4.28. The molecule has 1 aliphatic heterocycles. The maximum atomic E-state index is 12.9. The smallest absolute Gasteiger partial charge is 0.266 e. The van der Waals surface area contributed by atoms with Gasteiger partial charge in [-0.2, -0.15) is 10.2 Å². The summed E-state index contributed by atoms with van der Waals surface area (Å²) < 4.78 is 22.7. The minimum atomic E-state index is 0.00193. The molecular formula is C28H26N4O5. The molecule has 1 aliphatic rings. The fourth-order valence-electron chi connectivity index (χ4n) is 4.17. The van der Waals surface area contributed by atoms with Gasteiger partial charge in [-0.15, -0.1) is 0 Å². The molecule has 5 rings (SSSR count). The van der Waals surface area contributed by atoms with Gasteiger partial charge in [0.15, 0.2) is 5.76 Å². The Morgan fingerprint density at radius 3 is 2.49 bits per heavy atom. The van der Waals surface area contributed by atoms with E-state index in [1.165, 1.54) is 0 Å². The van der Waals surface area contributed by atoms with Crippen molar-refractivity contribution in [3.63, 3.8) is 0 Å². The van der Waals surface area contributed by atoms with Gasteiger partial charge < -0.3 is 28.1 Å². The molecular weight excluding hydrogens is 472 g/mol. The predicted molar refractivity (Wildman–Crippen MR) is 136 cm³/mol. The number of hydrogen-bond donors (Lipinski definition) is 0. The number of hydrogen-bond acceptors (Lipinski definition) is 8. The lowest BCUT2D eigenvalue weighted by Gasteiger charge is -2.34. The highest BCUT2D eigenvalue weighted by atomic mass is 16.5. The van der Waals surface area contributed by atoms with Crippen LogP contribution in [0.4, 0.5) is 5.88 Å². The Kier molecular flexibility index (Phi) is 6.81. The topological polar surface area (TPSA) is 105 Å². The second kappa shape index (κ2) is 10.5. The van der Waals surface area contributed by atoms with Crippen LogP contribution >= 0.6 is 0 Å². The molecule has 0 N–H and O–H groups in total. The lowest BCUT2D eigenvalue weighted by atomic mass is 10.1. The molecule has 9 heteroatoms. The van der Waals surface area contributed by atoms with Crippen LogP contribution in [0.15, 0.2) is 69.5 Å². The van der Waals surface area contributed by atoms with Gasteiger partial charge >= 0.3 is 0 Å². The van der Waals surface area contributed by atoms with Gasteiger partial charge in [0, 0.05) is 31.7 Å². The molecule has 0 bridgehead atoms. The maximum Gasteiger partial charge on any atom is 0.266 e. The Morgan fingerprint density at radius 1 is 1.03 bits per heavy atom. The third kappa shape index (κ3) is 5.28. The molecule has 188 valence electrons. The molecule has 1 amide bonds. The van der Waals surface area contributed by atoms with E-state index in [0.29, 0.717) is 54.9 Å². The zero-order valence-electron chi connectivity index (χ0n) is 20.6. The highest BCUT2D eigenvalue weighted by Gasteiger charge is 2.27. The average molecular weight is 499 g/mol. The monoisotopic (exact) mass is 498 g/mol. The first kappa shape index (κ1) is 24.0. The molecule has 0 spiro atoms. The van der Waals surface area contributed by atoms with Crippen molar-refractivity contribution in [1.82, 2.24) is 9.88 Å². The van der Waals surface area contributed by atoms with E-state index in [9.17, 15) is 10.1 Å². The summed E-state index contributed by atoms with van der Waals surface area (Å²) in [4.78, 5) is 21.0. The summed E-state index contributed by atoms with van der Waals surface area (Å²) in [6.07, 6.45) is 0. The number of anilines is 1. The number of nitriles is 1. The van der Waals surface area contributed by atoms with Crippen molar-refractivity contribution >= 4 is 11.8 Å². The maximum absolute atomic E-state index is 12.9. The van der Waals surface area contributed by atoms with Gasteiger partial charge in [-0.05, 0) is 55.5 Å². The molecule has 37 heavy (non-hydrogen) atoms. The number of rotatable bonds is 7. The first-order chi connectivity index (χ1) is 18.0. The van der Waals surface area contributed by atoms with Gasteiger partial charge in [0.2, 0.25) is 11.6 Å². The molecule has 0 unspecified atom stereocenters. The Balaban J connectivity index is 1.23. The molecule has 4 aromatic rings. The van der Waals surface area contributed by atoms with Crippen LogP contribution in [0.5, 0.6) is 11.5 Å². The van der Waals surface area contributed by atoms with Gasteiger partial charge in [0.1, 0.15) is 29.9 Å². The van der Waals surface area contributed by atoms with Crippen molar-refractivity contribution in [2.24, 2.45) is 0 Å². The van der Waals surface area contributed by atoms with Crippen molar-refractivity contribution in [3.05, 3.63) is 83.2 Å². The number of ether oxygens (including phenoxy) is 2. The molecule has 3 heterocycles. The zero-order chi connectivity index (χ0) is 25.8. The second-order valence-corrected chi connectivity index (χ2v) is 8.66. The van der Waals surface area contributed by atoms with Gasteiger partial charge in [0.05, 0.1) is 7.11 Å². The Bertz CT molecular complexity index is 1430. The van der Waals surface area contributed by atoms with Gasteiger partial charge in [-0.1, -0.05) is 17.7 Å². The van der Waals surface area contributed by atoms with E-state index < -0.39 is 0 Å². The number of benzene rings is 2. The summed E-state index contributed by atoms with van der Waals surface area (Å²) in [7, 11) is 1.61. The van der Waals surface area contributed by atoms with Crippen molar-refractivity contribution in [2.45, 2.75) is 13.5 Å². The molecule has 0 radical (unpaired) electrons. The average Bonchev–Trinajstić information content (AvgIpc) is 3.59. The van der Waals surface area contributed by atoms with Crippen LogP contribution in [0.3, 0.4) is 0 Å². The standard InChI is InChI=1S/C28H26N4O5/c1-19-4-3-5-20(16-19)27(33)31-12-14-32(15-13-31)28-24(17-29)30-26(37-28)25-11-10-23(36-25)18-35-22-8-6-21(34-2)7-9-22/h3-11,16H,12-15,18H2,1-2H3. The number of oxazole rings is 1. The normalized spacial score (nSPS) is 13.3. The predicted octanol–water partition coefficient (Wildman–Crippen LogP) is 4.66. The number of carbonyl (C=O) groups is 1. The molecule has 2 aromatic heterocycles. The van der Waals surface area contributed by atoms with Crippen molar-refractivity contribution < 1.29 is 23.1 Å². The Morgan fingerprint density at radius 2 is 1.78 bits per heavy atom. The van der Waals surface area contributed by atoms with Crippen LogP contribution in [0, 0.1) is 18.3 Å². The van der Waals surface area contributed by atoms with E-state index >= 15 is 0 Å². The minimum Gasteiger partial charge on any atom is -0.497 e. The fourth-order valence-corrected chi connectivity index (χ4v) is 4.17. The van der Waals surface area contributed by atoms with Gasteiger partial charge in [-0.25, -0.2) is 0 Å². The number of aromatic nitrogens is 1. The minimum absolute atomic E-state index is 0.00193. The number of methoxy groups -OCH3 is 1. The second-order valence-electron chi connectivity index (χ2n) is 8.66. The highest BCUT2D eigenvalue weighted by Crippen LogP contribution is 2.30. The lowest BCUT2D eigenvalue weighted by Crippen LogP contribution is -2.48. The van der Waals surface area contributed by atoms with Crippen molar-refractivity contribution in [1.29, 1.82) is 5.26 Å². The van der Waals surface area contributed by atoms with Crippen molar-refractivity contribution in [2.75, 3.05) is 38.2 Å². The first-order valence-corrected chi connectivity index (χ1v) is 11.9. The van der Waals surface area contributed by atoms with E-state index in [1.54, 1.807) is 19.2 Å². The summed E-state index contributed by atoms with van der Waals surface area (Å²) in [5.41, 5.74) is 1.91. The number of amides is 1. The highest BCUT2D eigenvalue weighted by molar-refractivity contribution is 5.94. The van der Waals surface area contributed by atoms with E-state index in [4.69, 9.17) is 18.3 Å². The van der Waals surface area contributed by atoms with Crippen LogP contribution in [-0.4, -0.2) is 49.1 Å². The van der Waals surface area contributed by atoms with Crippen LogP contribution in [0.1, 0.15) is 27.4 Å². The zero-order valence-corrected chi connectivity index (χ0v) is 20.6. The van der Waals surface area contributed by atoms with E-state index in [-0.39, 0.29) is 24.1 Å². The first-order valence-electron chi connectivity index (χ1n) is 11.9. The molecule has 0 saturated carbocycles. The number of piperazine rings is 1. The lowest BCUT2D eigenvalue weighted by molar-refractivity contribution is 0.0745. The molecule has 1 saturated heterocycles. The third-order valence-electron chi connectivity index (χ3n) is 6.15. The summed E-state index contributed by atoms with van der Waals surface area (Å²) >= 11 is 0. The van der Waals surface area contributed by atoms with Crippen LogP contribution in [0.25, 0.3) is 11.7 Å². The number of aryl methyl sites for hydroxylation is 1. The molecule has 1 fully saturated rings. The van der Waals surface area contributed by atoms with Crippen LogP contribution < -0.4 is 14.4 Å². The molecule has 0 atom stereocenters. The quantitative estimate of drug-likeness (QED) is 0.362. The Hall–Kier alpha value is -4.71. The fraction of sp³-hybridized carbons (Fsp3) is 0.250. The molecule has 0 aliphatic carbocycles. The Labute approximate surface area is 214 Å². The van der Waals surface area contributed by atoms with Crippen LogP contribution in [0.2, 0.25) is 0 Å². The summed E-state index contributed by atoms with van der Waals surface area (Å²) in [5, 5.41) is 9.65. The van der Waals surface area contributed by atoms with Gasteiger partial charge in [0.25, 0.3) is 11.8 Å². The van der Waals surface area contributed by atoms with E-state index in [0.717, 1.165) is 11.3 Å². The number of nitrogens with zero attached hydrogens (tertiary/aromatic N) is 4. The largest absolute Gasteiger partial charge is 0.497 e. The van der Waals surface area contributed by atoms with E-state index in [2.05, 4.69) is 11.1 Å². The number of carbonyl (C=O) groups excluding carboxylic acids is 1.